The highest BCUT2D eigenvalue weighted by Gasteiger charge is 2.31. The van der Waals surface area contributed by atoms with Crippen molar-refractivity contribution in [2.75, 3.05) is 0 Å². The van der Waals surface area contributed by atoms with Crippen molar-refractivity contribution in [3.63, 3.8) is 0 Å². The molecule has 7 heteroatoms. The zero-order valence-electron chi connectivity index (χ0n) is 11.4. The zero-order chi connectivity index (χ0) is 16.6. The molecule has 2 nitrogen and oxygen atoms in total. The summed E-state index contributed by atoms with van der Waals surface area (Å²) in [5.74, 6) is -0.294. The van der Waals surface area contributed by atoms with E-state index in [2.05, 4.69) is 9.72 Å². The average molecular weight is 358 g/mol. The molecule has 0 atom stereocenters. The van der Waals surface area contributed by atoms with Gasteiger partial charge in [0.25, 0.3) is 0 Å². The molecule has 0 saturated heterocycles. The number of hydrogen-bond donors (Lipinski definition) is 0. The highest BCUT2D eigenvalue weighted by atomic mass is 35.5. The van der Waals surface area contributed by atoms with Crippen molar-refractivity contribution >= 4 is 34.1 Å². The molecule has 0 spiro atoms. The summed E-state index contributed by atoms with van der Waals surface area (Å²) >= 11 is 12.3. The lowest BCUT2D eigenvalue weighted by Gasteiger charge is -2.11. The standard InChI is InChI=1S/C16H8Cl2F3NO/c17-10-3-6-12-14(7-10)22-8-13(15(12)18)9-1-4-11(5-2-9)23-16(19,20)21/h1-8H. The highest BCUT2D eigenvalue weighted by molar-refractivity contribution is 6.38. The molecule has 118 valence electrons. The van der Waals surface area contributed by atoms with Crippen molar-refractivity contribution in [1.82, 2.24) is 4.98 Å². The minimum absolute atomic E-state index is 0.294. The molecule has 0 fully saturated rings. The summed E-state index contributed by atoms with van der Waals surface area (Å²) in [6.45, 7) is 0. The van der Waals surface area contributed by atoms with E-state index in [4.69, 9.17) is 23.2 Å². The lowest BCUT2D eigenvalue weighted by molar-refractivity contribution is -0.274. The predicted molar refractivity (Wildman–Crippen MR) is 83.9 cm³/mol. The van der Waals surface area contributed by atoms with E-state index in [1.165, 1.54) is 24.3 Å². The number of fused-ring (bicyclic) bond motifs is 1. The van der Waals surface area contributed by atoms with Gasteiger partial charge in [-0.3, -0.25) is 4.98 Å². The van der Waals surface area contributed by atoms with Gasteiger partial charge in [0.1, 0.15) is 5.75 Å². The summed E-state index contributed by atoms with van der Waals surface area (Å²) in [5.41, 5.74) is 1.89. The first-order valence-electron chi connectivity index (χ1n) is 6.43. The van der Waals surface area contributed by atoms with Crippen LogP contribution in [0.4, 0.5) is 13.2 Å². The molecule has 0 aliphatic heterocycles. The summed E-state index contributed by atoms with van der Waals surface area (Å²) in [6.07, 6.45) is -3.16. The van der Waals surface area contributed by atoms with Gasteiger partial charge in [-0.1, -0.05) is 35.3 Å². The molecule has 0 aliphatic carbocycles. The Balaban J connectivity index is 2.00. The van der Waals surface area contributed by atoms with Gasteiger partial charge in [0.05, 0.1) is 10.5 Å². The van der Waals surface area contributed by atoms with Crippen molar-refractivity contribution < 1.29 is 17.9 Å². The smallest absolute Gasteiger partial charge is 0.406 e. The molecule has 0 unspecified atom stereocenters. The van der Waals surface area contributed by atoms with Crippen LogP contribution in [0.3, 0.4) is 0 Å². The Morgan fingerprint density at radius 3 is 2.30 bits per heavy atom. The fraction of sp³-hybridized carbons (Fsp3) is 0.0625. The highest BCUT2D eigenvalue weighted by Crippen LogP contribution is 2.35. The number of alkyl halides is 3. The third kappa shape index (κ3) is 3.51. The fourth-order valence-corrected chi connectivity index (χ4v) is 2.65. The minimum atomic E-state index is -4.72. The van der Waals surface area contributed by atoms with E-state index in [0.717, 1.165) is 0 Å². The fourth-order valence-electron chi connectivity index (χ4n) is 2.17. The number of rotatable bonds is 2. The molecule has 3 rings (SSSR count). The third-order valence-electron chi connectivity index (χ3n) is 3.16. The van der Waals surface area contributed by atoms with E-state index < -0.39 is 6.36 Å². The van der Waals surface area contributed by atoms with Crippen molar-refractivity contribution in [1.29, 1.82) is 0 Å². The Labute approximate surface area is 139 Å². The van der Waals surface area contributed by atoms with Crippen molar-refractivity contribution in [2.24, 2.45) is 0 Å². The SMILES string of the molecule is FC(F)(F)Oc1ccc(-c2cnc3cc(Cl)ccc3c2Cl)cc1. The molecule has 0 bridgehead atoms. The summed E-state index contributed by atoms with van der Waals surface area (Å²) < 4.78 is 40.4. The number of hydrogen-bond acceptors (Lipinski definition) is 2. The van der Waals surface area contributed by atoms with E-state index in [1.807, 2.05) is 0 Å². The second-order valence-corrected chi connectivity index (χ2v) is 5.53. The first-order valence-corrected chi connectivity index (χ1v) is 7.19. The van der Waals surface area contributed by atoms with Crippen LogP contribution in [0.2, 0.25) is 10.0 Å². The molecular formula is C16H8Cl2F3NO. The van der Waals surface area contributed by atoms with Crippen LogP contribution >= 0.6 is 23.2 Å². The van der Waals surface area contributed by atoms with Gasteiger partial charge >= 0.3 is 6.36 Å². The summed E-state index contributed by atoms with van der Waals surface area (Å²) in [7, 11) is 0. The largest absolute Gasteiger partial charge is 0.573 e. The van der Waals surface area contributed by atoms with Gasteiger partial charge in [0.2, 0.25) is 0 Å². The molecule has 1 aromatic heterocycles. The van der Waals surface area contributed by atoms with Gasteiger partial charge in [-0.05, 0) is 35.9 Å². The summed E-state index contributed by atoms with van der Waals surface area (Å²) in [4.78, 5) is 4.28. The van der Waals surface area contributed by atoms with Gasteiger partial charge in [0.15, 0.2) is 0 Å². The van der Waals surface area contributed by atoms with E-state index >= 15 is 0 Å². The normalized spacial score (nSPS) is 11.7. The molecule has 1 heterocycles. The molecule has 0 N–H and O–H groups in total. The average Bonchev–Trinajstić information content (AvgIpc) is 2.47. The molecule has 0 saturated carbocycles. The predicted octanol–water partition coefficient (Wildman–Crippen LogP) is 6.11. The second-order valence-electron chi connectivity index (χ2n) is 4.72. The first kappa shape index (κ1) is 15.9. The third-order valence-corrected chi connectivity index (χ3v) is 3.81. The number of pyridine rings is 1. The topological polar surface area (TPSA) is 22.1 Å². The summed E-state index contributed by atoms with van der Waals surface area (Å²) in [5, 5.41) is 1.71. The minimum Gasteiger partial charge on any atom is -0.406 e. The van der Waals surface area contributed by atoms with Gasteiger partial charge in [-0.15, -0.1) is 13.2 Å². The van der Waals surface area contributed by atoms with Crippen LogP contribution in [0.5, 0.6) is 5.75 Å². The van der Waals surface area contributed by atoms with E-state index in [9.17, 15) is 13.2 Å². The van der Waals surface area contributed by atoms with Crippen molar-refractivity contribution in [3.8, 4) is 16.9 Å². The van der Waals surface area contributed by atoms with Crippen LogP contribution < -0.4 is 4.74 Å². The Hall–Kier alpha value is -1.98. The summed E-state index contributed by atoms with van der Waals surface area (Å²) in [6, 6.07) is 10.6. The van der Waals surface area contributed by atoms with Crippen LogP contribution in [-0.4, -0.2) is 11.3 Å². The Morgan fingerprint density at radius 2 is 1.65 bits per heavy atom. The van der Waals surface area contributed by atoms with Gasteiger partial charge in [-0.25, -0.2) is 0 Å². The number of benzene rings is 2. The van der Waals surface area contributed by atoms with E-state index in [1.54, 1.807) is 24.4 Å². The van der Waals surface area contributed by atoms with Crippen LogP contribution in [0.15, 0.2) is 48.7 Å². The maximum Gasteiger partial charge on any atom is 0.573 e. The Bertz CT molecular complexity index is 864. The monoisotopic (exact) mass is 357 g/mol. The maximum absolute atomic E-state index is 12.2. The zero-order valence-corrected chi connectivity index (χ0v) is 12.9. The molecule has 0 radical (unpaired) electrons. The molecule has 2 aromatic carbocycles. The Kier molecular flexibility index (Phi) is 4.08. The maximum atomic E-state index is 12.2. The number of aromatic nitrogens is 1. The molecule has 3 aromatic rings. The number of halogens is 5. The van der Waals surface area contributed by atoms with E-state index in [-0.39, 0.29) is 5.75 Å². The van der Waals surface area contributed by atoms with Crippen molar-refractivity contribution in [2.45, 2.75) is 6.36 Å². The molecule has 23 heavy (non-hydrogen) atoms. The molecule has 0 aliphatic rings. The Morgan fingerprint density at radius 1 is 0.957 bits per heavy atom. The number of ether oxygens (including phenoxy) is 1. The van der Waals surface area contributed by atoms with Gasteiger partial charge < -0.3 is 4.74 Å². The van der Waals surface area contributed by atoms with Crippen LogP contribution in [0, 0.1) is 0 Å². The van der Waals surface area contributed by atoms with Gasteiger partial charge in [-0.2, -0.15) is 0 Å². The van der Waals surface area contributed by atoms with Crippen LogP contribution in [0.25, 0.3) is 22.0 Å². The number of nitrogens with zero attached hydrogens (tertiary/aromatic N) is 1. The van der Waals surface area contributed by atoms with E-state index in [0.29, 0.717) is 32.1 Å². The van der Waals surface area contributed by atoms with Crippen LogP contribution in [0.1, 0.15) is 0 Å². The van der Waals surface area contributed by atoms with Gasteiger partial charge in [0, 0.05) is 22.2 Å². The second kappa shape index (κ2) is 5.91. The van der Waals surface area contributed by atoms with Crippen LogP contribution in [-0.2, 0) is 0 Å². The van der Waals surface area contributed by atoms with Crippen molar-refractivity contribution in [3.05, 3.63) is 58.7 Å². The first-order chi connectivity index (χ1) is 10.8. The lowest BCUT2D eigenvalue weighted by Crippen LogP contribution is -2.16. The lowest BCUT2D eigenvalue weighted by atomic mass is 10.1. The quantitative estimate of drug-likeness (QED) is 0.552. The molecular weight excluding hydrogens is 350 g/mol. The molecule has 0 amide bonds.